The molecule has 0 saturated carbocycles. The van der Waals surface area contributed by atoms with Crippen molar-refractivity contribution in [2.24, 2.45) is 16.5 Å². The third-order valence-corrected chi connectivity index (χ3v) is 4.21. The van der Waals surface area contributed by atoms with Gasteiger partial charge in [0.2, 0.25) is 0 Å². The molecular weight excluding hydrogens is 270 g/mol. The van der Waals surface area contributed by atoms with E-state index in [1.54, 1.807) is 0 Å². The molecule has 0 fully saturated rings. The van der Waals surface area contributed by atoms with Crippen molar-refractivity contribution < 1.29 is 0 Å². The van der Waals surface area contributed by atoms with E-state index in [4.69, 9.17) is 11.5 Å². The summed E-state index contributed by atoms with van der Waals surface area (Å²) in [6.45, 7) is 4.03. The predicted molar refractivity (Wildman–Crippen MR) is 100 cm³/mol. The van der Waals surface area contributed by atoms with Crippen LogP contribution < -0.4 is 11.5 Å². The maximum absolute atomic E-state index is 5.96. The molecule has 132 valence electrons. The smallest absolute Gasteiger partial charge is 0.0937 e. The Labute approximate surface area is 139 Å². The van der Waals surface area contributed by atoms with E-state index in [-0.39, 0.29) is 0 Å². The maximum atomic E-state index is 5.96. The highest BCUT2D eigenvalue weighted by Gasteiger charge is 1.96. The Kier molecular flexibility index (Phi) is 18.0. The van der Waals surface area contributed by atoms with Gasteiger partial charge in [0.1, 0.15) is 0 Å². The summed E-state index contributed by atoms with van der Waals surface area (Å²) in [5, 5.41) is 0. The van der Waals surface area contributed by atoms with Gasteiger partial charge in [-0.05, 0) is 25.8 Å². The summed E-state index contributed by atoms with van der Waals surface area (Å²) in [6.07, 6.45) is 19.3. The van der Waals surface area contributed by atoms with E-state index in [1.807, 2.05) is 0 Å². The summed E-state index contributed by atoms with van der Waals surface area (Å²) in [4.78, 5) is 4.48. The molecule has 0 aromatic carbocycles. The monoisotopic (exact) mass is 311 g/mol. The number of hydrogen-bond donors (Lipinski definition) is 2. The van der Waals surface area contributed by atoms with Crippen LogP contribution in [0.2, 0.25) is 0 Å². The van der Waals surface area contributed by atoms with Crippen LogP contribution in [0.25, 0.3) is 0 Å². The van der Waals surface area contributed by atoms with Crippen molar-refractivity contribution in [2.75, 3.05) is 13.1 Å². The first-order valence-corrected chi connectivity index (χ1v) is 9.80. The second-order valence-electron chi connectivity index (χ2n) is 6.51. The third-order valence-electron chi connectivity index (χ3n) is 4.21. The first-order chi connectivity index (χ1) is 10.8. The second kappa shape index (κ2) is 18.5. The number of aliphatic imine (C=N–C) groups is 1. The predicted octanol–water partition coefficient (Wildman–Crippen LogP) is 5.17. The van der Waals surface area contributed by atoms with Crippen LogP contribution in [0.5, 0.6) is 0 Å². The van der Waals surface area contributed by atoms with Crippen LogP contribution in [-0.4, -0.2) is 18.9 Å². The molecule has 3 nitrogen and oxygen atoms in total. The largest absolute Gasteiger partial charge is 0.387 e. The lowest BCUT2D eigenvalue weighted by molar-refractivity contribution is 0.563. The van der Waals surface area contributed by atoms with Crippen molar-refractivity contribution in [3.63, 3.8) is 0 Å². The molecule has 0 aromatic rings. The van der Waals surface area contributed by atoms with Crippen LogP contribution >= 0.6 is 0 Å². The second-order valence-corrected chi connectivity index (χ2v) is 6.51. The fourth-order valence-corrected chi connectivity index (χ4v) is 2.70. The van der Waals surface area contributed by atoms with Gasteiger partial charge in [-0.15, -0.1) is 0 Å². The number of nitrogens with zero attached hydrogens (tertiary/aromatic N) is 1. The van der Waals surface area contributed by atoms with E-state index < -0.39 is 0 Å². The van der Waals surface area contributed by atoms with E-state index in [1.165, 1.54) is 89.9 Å². The van der Waals surface area contributed by atoms with Gasteiger partial charge in [0.15, 0.2) is 0 Å². The van der Waals surface area contributed by atoms with E-state index in [2.05, 4.69) is 11.9 Å². The summed E-state index contributed by atoms with van der Waals surface area (Å²) in [5.41, 5.74) is 11.4. The Hall–Kier alpha value is -0.570. The molecule has 0 unspecified atom stereocenters. The summed E-state index contributed by atoms with van der Waals surface area (Å²) in [7, 11) is 0. The van der Waals surface area contributed by atoms with Gasteiger partial charge < -0.3 is 11.5 Å². The molecule has 0 aromatic heterocycles. The summed E-state index contributed by atoms with van der Waals surface area (Å²) in [6, 6.07) is 0. The highest BCUT2D eigenvalue weighted by atomic mass is 14.8. The summed E-state index contributed by atoms with van der Waals surface area (Å²) >= 11 is 0. The highest BCUT2D eigenvalue weighted by molar-refractivity contribution is 5.80. The lowest BCUT2D eigenvalue weighted by Gasteiger charge is -2.03. The van der Waals surface area contributed by atoms with Crippen molar-refractivity contribution in [2.45, 2.75) is 103 Å². The minimum atomic E-state index is 0.849. The normalized spacial score (nSPS) is 12.0. The zero-order chi connectivity index (χ0) is 16.3. The Morgan fingerprint density at radius 2 is 1.18 bits per heavy atom. The van der Waals surface area contributed by atoms with Gasteiger partial charge in [0.05, 0.1) is 5.84 Å². The zero-order valence-electron chi connectivity index (χ0n) is 15.1. The van der Waals surface area contributed by atoms with Gasteiger partial charge in [-0.2, -0.15) is 0 Å². The van der Waals surface area contributed by atoms with Crippen molar-refractivity contribution in [1.29, 1.82) is 0 Å². The molecule has 0 saturated heterocycles. The lowest BCUT2D eigenvalue weighted by atomic mass is 10.1. The van der Waals surface area contributed by atoms with Crippen LogP contribution in [0.3, 0.4) is 0 Å². The molecule has 0 aliphatic rings. The number of amidine groups is 1. The summed E-state index contributed by atoms with van der Waals surface area (Å²) in [5.74, 6) is 0.872. The van der Waals surface area contributed by atoms with Crippen LogP contribution in [0, 0.1) is 0 Å². The maximum Gasteiger partial charge on any atom is 0.0937 e. The van der Waals surface area contributed by atoms with Crippen molar-refractivity contribution in [3.8, 4) is 0 Å². The topological polar surface area (TPSA) is 64.4 Å². The van der Waals surface area contributed by atoms with Crippen molar-refractivity contribution in [3.05, 3.63) is 0 Å². The van der Waals surface area contributed by atoms with Crippen LogP contribution in [0.15, 0.2) is 4.99 Å². The number of unbranched alkanes of at least 4 members (excludes halogenated alkanes) is 12. The van der Waals surface area contributed by atoms with E-state index in [0.717, 1.165) is 25.3 Å². The van der Waals surface area contributed by atoms with Gasteiger partial charge in [-0.3, -0.25) is 4.99 Å². The Morgan fingerprint density at radius 3 is 1.77 bits per heavy atom. The molecule has 0 rings (SSSR count). The molecule has 0 amide bonds. The Bertz CT molecular complexity index is 239. The number of rotatable bonds is 17. The molecular formula is C19H41N3. The standard InChI is InChI=1S/C19H41N3/c1-2-3-4-12-15-18-22-19(21)16-13-10-8-6-5-7-9-11-14-17-20/h2-18,20H2,1H3,(H2,21,22). The Morgan fingerprint density at radius 1 is 0.682 bits per heavy atom. The van der Waals surface area contributed by atoms with Gasteiger partial charge >= 0.3 is 0 Å². The van der Waals surface area contributed by atoms with Crippen LogP contribution in [0.4, 0.5) is 0 Å². The quantitative estimate of drug-likeness (QED) is 0.221. The summed E-state index contributed by atoms with van der Waals surface area (Å²) < 4.78 is 0. The molecule has 0 aliphatic carbocycles. The average Bonchev–Trinajstić information content (AvgIpc) is 2.52. The van der Waals surface area contributed by atoms with Gasteiger partial charge in [0.25, 0.3) is 0 Å². The molecule has 0 heterocycles. The first kappa shape index (κ1) is 21.4. The number of nitrogens with two attached hydrogens (primary N) is 2. The van der Waals surface area contributed by atoms with E-state index in [9.17, 15) is 0 Å². The molecule has 0 radical (unpaired) electrons. The highest BCUT2D eigenvalue weighted by Crippen LogP contribution is 2.10. The number of hydrogen-bond acceptors (Lipinski definition) is 2. The fourth-order valence-electron chi connectivity index (χ4n) is 2.70. The Balaban J connectivity index is 3.22. The molecule has 0 spiro atoms. The van der Waals surface area contributed by atoms with Crippen molar-refractivity contribution in [1.82, 2.24) is 0 Å². The van der Waals surface area contributed by atoms with E-state index in [0.29, 0.717) is 0 Å². The minimum absolute atomic E-state index is 0.849. The van der Waals surface area contributed by atoms with Crippen molar-refractivity contribution >= 4 is 5.84 Å². The molecule has 0 aliphatic heterocycles. The SMILES string of the molecule is CCCCCCCN=C(N)CCCCCCCCCCCN. The first-order valence-electron chi connectivity index (χ1n) is 9.80. The average molecular weight is 312 g/mol. The molecule has 0 atom stereocenters. The van der Waals surface area contributed by atoms with E-state index >= 15 is 0 Å². The lowest BCUT2D eigenvalue weighted by Crippen LogP contribution is -2.12. The minimum Gasteiger partial charge on any atom is -0.387 e. The molecule has 4 N–H and O–H groups in total. The molecule has 22 heavy (non-hydrogen) atoms. The van der Waals surface area contributed by atoms with Crippen LogP contribution in [0.1, 0.15) is 103 Å². The molecule has 3 heteroatoms. The van der Waals surface area contributed by atoms with Gasteiger partial charge in [-0.25, -0.2) is 0 Å². The third kappa shape index (κ3) is 17.5. The molecule has 0 bridgehead atoms. The zero-order valence-corrected chi connectivity index (χ0v) is 15.1. The van der Waals surface area contributed by atoms with Gasteiger partial charge in [-0.1, -0.05) is 77.6 Å². The van der Waals surface area contributed by atoms with Crippen LogP contribution in [-0.2, 0) is 0 Å². The van der Waals surface area contributed by atoms with Gasteiger partial charge in [0, 0.05) is 13.0 Å². The fraction of sp³-hybridized carbons (Fsp3) is 0.947.